The Morgan fingerprint density at radius 3 is 3.00 bits per heavy atom. The predicted molar refractivity (Wildman–Crippen MR) is 98.6 cm³/mol. The van der Waals surface area contributed by atoms with Crippen LogP contribution in [0.2, 0.25) is 0 Å². The van der Waals surface area contributed by atoms with Gasteiger partial charge in [-0.15, -0.1) is 0 Å². The Hall–Kier alpha value is -2.47. The van der Waals surface area contributed by atoms with Crippen molar-refractivity contribution in [1.82, 2.24) is 4.98 Å². The summed E-state index contributed by atoms with van der Waals surface area (Å²) in [4.78, 5) is 16.5. The molecule has 2 aromatic rings. The van der Waals surface area contributed by atoms with E-state index in [9.17, 15) is 9.18 Å². The Morgan fingerprint density at radius 1 is 1.40 bits per heavy atom. The van der Waals surface area contributed by atoms with E-state index in [-0.39, 0.29) is 12.5 Å². The molecule has 1 amide bonds. The Balaban J connectivity index is 1.74. The molecule has 0 bridgehead atoms. The number of rotatable bonds is 5. The smallest absolute Gasteiger partial charge is 0.259 e. The van der Waals surface area contributed by atoms with Crippen LogP contribution in [-0.4, -0.2) is 23.7 Å². The number of ether oxygens (including phenoxy) is 1. The van der Waals surface area contributed by atoms with Crippen molar-refractivity contribution < 1.29 is 13.9 Å². The average molecular weight is 403 g/mol. The van der Waals surface area contributed by atoms with E-state index in [0.29, 0.717) is 23.4 Å². The molecule has 1 N–H and O–H groups in total. The molecule has 0 aliphatic heterocycles. The average Bonchev–Trinajstić information content (AvgIpc) is 2.63. The zero-order chi connectivity index (χ0) is 17.6. The van der Waals surface area contributed by atoms with Crippen LogP contribution in [-0.2, 0) is 0 Å². The zero-order valence-electron chi connectivity index (χ0n) is 13.3. The number of amides is 1. The molecular formula is C19H16BrFN2O2. The summed E-state index contributed by atoms with van der Waals surface area (Å²) in [6, 6.07) is 8.73. The lowest BCUT2D eigenvalue weighted by Gasteiger charge is -2.14. The molecule has 1 aliphatic carbocycles. The molecule has 0 radical (unpaired) electrons. The molecule has 25 heavy (non-hydrogen) atoms. The second-order valence-electron chi connectivity index (χ2n) is 5.51. The van der Waals surface area contributed by atoms with Crippen molar-refractivity contribution in [2.75, 3.05) is 11.9 Å². The minimum absolute atomic E-state index is 0.276. The molecule has 0 fully saturated rings. The Kier molecular flexibility index (Phi) is 5.60. The van der Waals surface area contributed by atoms with Crippen LogP contribution in [0.4, 0.5) is 10.1 Å². The molecule has 1 aromatic carbocycles. The lowest BCUT2D eigenvalue weighted by molar-refractivity contribution is 0.102. The second kappa shape index (κ2) is 8.07. The Bertz CT molecular complexity index is 821. The molecule has 128 valence electrons. The maximum absolute atomic E-state index is 13.1. The summed E-state index contributed by atoms with van der Waals surface area (Å²) in [5.74, 6) is 0.169. The number of allylic oxidation sites excluding steroid dienone is 2. The summed E-state index contributed by atoms with van der Waals surface area (Å²) < 4.78 is 19.7. The number of anilines is 1. The van der Waals surface area contributed by atoms with E-state index in [1.54, 1.807) is 54.9 Å². The van der Waals surface area contributed by atoms with E-state index < -0.39 is 6.17 Å². The molecule has 0 saturated carbocycles. The van der Waals surface area contributed by atoms with Gasteiger partial charge in [-0.2, -0.15) is 0 Å². The Morgan fingerprint density at radius 2 is 2.28 bits per heavy atom. The van der Waals surface area contributed by atoms with Crippen LogP contribution in [0.1, 0.15) is 16.8 Å². The third kappa shape index (κ3) is 4.76. The lowest BCUT2D eigenvalue weighted by atomic mass is 10.1. The van der Waals surface area contributed by atoms with Crippen molar-refractivity contribution in [2.24, 2.45) is 0 Å². The maximum atomic E-state index is 13.1. The molecule has 4 nitrogen and oxygen atoms in total. The second-order valence-corrected chi connectivity index (χ2v) is 6.43. The number of benzene rings is 1. The molecule has 3 rings (SSSR count). The highest BCUT2D eigenvalue weighted by molar-refractivity contribution is 9.10. The number of halogens is 2. The topological polar surface area (TPSA) is 51.2 Å². The van der Waals surface area contributed by atoms with Gasteiger partial charge in [0.15, 0.2) is 0 Å². The van der Waals surface area contributed by atoms with Crippen LogP contribution in [0.3, 0.4) is 0 Å². The van der Waals surface area contributed by atoms with Crippen LogP contribution < -0.4 is 10.1 Å². The summed E-state index contributed by atoms with van der Waals surface area (Å²) in [6.45, 7) is 0.276. The molecule has 1 unspecified atom stereocenters. The van der Waals surface area contributed by atoms with Gasteiger partial charge in [-0.25, -0.2) is 4.39 Å². The van der Waals surface area contributed by atoms with Crippen molar-refractivity contribution in [1.29, 1.82) is 0 Å². The number of pyridine rings is 1. The fourth-order valence-electron chi connectivity index (χ4n) is 2.35. The van der Waals surface area contributed by atoms with E-state index >= 15 is 0 Å². The number of aromatic nitrogens is 1. The molecule has 1 heterocycles. The highest BCUT2D eigenvalue weighted by atomic mass is 79.9. The van der Waals surface area contributed by atoms with Crippen molar-refractivity contribution >= 4 is 27.5 Å². The van der Waals surface area contributed by atoms with Gasteiger partial charge >= 0.3 is 0 Å². The zero-order valence-corrected chi connectivity index (χ0v) is 14.9. The largest absolute Gasteiger partial charge is 0.488 e. The van der Waals surface area contributed by atoms with E-state index in [2.05, 4.69) is 26.2 Å². The standard InChI is InChI=1S/C19H16BrFN2O2/c20-14-5-8-18(25-12-13-3-6-15(21)7-4-13)17(10-14)19(24)23-16-2-1-9-22-11-16/h1-6,8-11,15H,7,12H2,(H,23,24). The lowest BCUT2D eigenvalue weighted by Crippen LogP contribution is -2.14. The molecule has 0 saturated heterocycles. The molecule has 6 heteroatoms. The quantitative estimate of drug-likeness (QED) is 0.788. The van der Waals surface area contributed by atoms with E-state index in [0.717, 1.165) is 10.0 Å². The molecule has 1 atom stereocenters. The highest BCUT2D eigenvalue weighted by Gasteiger charge is 2.15. The van der Waals surface area contributed by atoms with Crippen LogP contribution in [0.5, 0.6) is 5.75 Å². The van der Waals surface area contributed by atoms with Crippen LogP contribution in [0.25, 0.3) is 0 Å². The van der Waals surface area contributed by atoms with Crippen molar-refractivity contribution in [3.63, 3.8) is 0 Å². The van der Waals surface area contributed by atoms with E-state index in [1.165, 1.54) is 6.08 Å². The summed E-state index contributed by atoms with van der Waals surface area (Å²) in [6.07, 6.45) is 7.65. The summed E-state index contributed by atoms with van der Waals surface area (Å²) in [7, 11) is 0. The van der Waals surface area contributed by atoms with Gasteiger partial charge in [0.05, 0.1) is 17.4 Å². The summed E-state index contributed by atoms with van der Waals surface area (Å²) >= 11 is 3.37. The van der Waals surface area contributed by atoms with Gasteiger partial charge < -0.3 is 10.1 Å². The fraction of sp³-hybridized carbons (Fsp3) is 0.158. The highest BCUT2D eigenvalue weighted by Crippen LogP contribution is 2.25. The molecular weight excluding hydrogens is 387 g/mol. The van der Waals surface area contributed by atoms with Gasteiger partial charge in [-0.3, -0.25) is 9.78 Å². The van der Waals surface area contributed by atoms with Gasteiger partial charge in [0.2, 0.25) is 0 Å². The van der Waals surface area contributed by atoms with Crippen molar-refractivity contribution in [3.8, 4) is 5.75 Å². The number of carbonyl (C=O) groups is 1. The first kappa shape index (κ1) is 17.4. The first-order valence-electron chi connectivity index (χ1n) is 7.77. The van der Waals surface area contributed by atoms with E-state index in [4.69, 9.17) is 4.74 Å². The first-order chi connectivity index (χ1) is 12.1. The molecule has 1 aliphatic rings. The number of nitrogens with one attached hydrogen (secondary N) is 1. The first-order valence-corrected chi connectivity index (χ1v) is 8.56. The van der Waals surface area contributed by atoms with Gasteiger partial charge in [-0.05, 0) is 35.9 Å². The number of hydrogen-bond donors (Lipinski definition) is 1. The third-order valence-corrected chi connectivity index (χ3v) is 4.12. The van der Waals surface area contributed by atoms with E-state index in [1.807, 2.05) is 0 Å². The van der Waals surface area contributed by atoms with Gasteiger partial charge in [0, 0.05) is 17.1 Å². The van der Waals surface area contributed by atoms with Crippen molar-refractivity contribution in [3.05, 3.63) is 76.6 Å². The molecule has 1 aromatic heterocycles. The van der Waals surface area contributed by atoms with Crippen LogP contribution >= 0.6 is 15.9 Å². The fourth-order valence-corrected chi connectivity index (χ4v) is 2.71. The van der Waals surface area contributed by atoms with Gasteiger partial charge in [0.1, 0.15) is 18.5 Å². The number of carbonyl (C=O) groups excluding carboxylic acids is 1. The SMILES string of the molecule is O=C(Nc1cccnc1)c1cc(Br)ccc1OCC1=CCC(F)C=C1. The summed E-state index contributed by atoms with van der Waals surface area (Å²) in [5.41, 5.74) is 1.89. The number of alkyl halides is 1. The minimum atomic E-state index is -0.933. The monoisotopic (exact) mass is 402 g/mol. The number of hydrogen-bond acceptors (Lipinski definition) is 3. The predicted octanol–water partition coefficient (Wildman–Crippen LogP) is 4.70. The van der Waals surface area contributed by atoms with Crippen LogP contribution in [0, 0.1) is 0 Å². The van der Waals surface area contributed by atoms with Gasteiger partial charge in [-0.1, -0.05) is 34.2 Å². The van der Waals surface area contributed by atoms with Crippen LogP contribution in [0.15, 0.2) is 71.0 Å². The summed E-state index contributed by atoms with van der Waals surface area (Å²) in [5, 5.41) is 2.79. The maximum Gasteiger partial charge on any atom is 0.259 e. The van der Waals surface area contributed by atoms with Gasteiger partial charge in [0.25, 0.3) is 5.91 Å². The normalized spacial score (nSPS) is 16.2. The minimum Gasteiger partial charge on any atom is -0.488 e. The number of nitrogens with zero attached hydrogens (tertiary/aromatic N) is 1. The third-order valence-electron chi connectivity index (χ3n) is 3.62. The molecule has 0 spiro atoms. The Labute approximate surface area is 153 Å². The van der Waals surface area contributed by atoms with Crippen molar-refractivity contribution in [2.45, 2.75) is 12.6 Å².